The summed E-state index contributed by atoms with van der Waals surface area (Å²) >= 11 is 1.15. The first-order valence-electron chi connectivity index (χ1n) is 4.62. The third-order valence-electron chi connectivity index (χ3n) is 2.27. The minimum absolute atomic E-state index is 0.0375. The van der Waals surface area contributed by atoms with E-state index in [0.717, 1.165) is 17.0 Å². The Morgan fingerprint density at radius 1 is 1.60 bits per heavy atom. The molecule has 0 unspecified atom stereocenters. The van der Waals surface area contributed by atoms with E-state index in [1.807, 2.05) is 6.92 Å². The van der Waals surface area contributed by atoms with Gasteiger partial charge in [-0.1, -0.05) is 11.3 Å². The van der Waals surface area contributed by atoms with Gasteiger partial charge in [0.1, 0.15) is 0 Å². The molecule has 0 spiro atoms. The topological polar surface area (TPSA) is 48.3 Å². The van der Waals surface area contributed by atoms with Crippen LogP contribution < -0.4 is 4.87 Å². The highest BCUT2D eigenvalue weighted by molar-refractivity contribution is 7.07. The average molecular weight is 229 g/mol. The van der Waals surface area contributed by atoms with Gasteiger partial charge in [-0.2, -0.15) is 0 Å². The van der Waals surface area contributed by atoms with Crippen LogP contribution >= 0.6 is 11.3 Å². The van der Waals surface area contributed by atoms with Gasteiger partial charge in [0.25, 0.3) is 0 Å². The number of carbonyl (C=O) groups is 1. The van der Waals surface area contributed by atoms with Crippen LogP contribution in [0.25, 0.3) is 0 Å². The fourth-order valence-corrected chi connectivity index (χ4v) is 2.07. The van der Waals surface area contributed by atoms with E-state index in [0.29, 0.717) is 6.54 Å². The van der Waals surface area contributed by atoms with Crippen molar-refractivity contribution >= 4 is 17.3 Å². The quantitative estimate of drug-likeness (QED) is 0.736. The van der Waals surface area contributed by atoms with Gasteiger partial charge in [0.2, 0.25) is 0 Å². The molecule has 84 valence electrons. The fourth-order valence-electron chi connectivity index (χ4n) is 1.33. The highest BCUT2D eigenvalue weighted by Crippen LogP contribution is 2.20. The van der Waals surface area contributed by atoms with Crippen LogP contribution in [0.5, 0.6) is 0 Å². The van der Waals surface area contributed by atoms with Crippen molar-refractivity contribution in [2.24, 2.45) is 5.41 Å². The summed E-state index contributed by atoms with van der Waals surface area (Å²) in [5.41, 5.74) is 0.201. The molecule has 0 saturated carbocycles. The molecule has 0 N–H and O–H groups in total. The van der Waals surface area contributed by atoms with Crippen molar-refractivity contribution in [3.63, 3.8) is 0 Å². The largest absolute Gasteiger partial charge is 0.469 e. The lowest BCUT2D eigenvalue weighted by molar-refractivity contribution is -0.151. The lowest BCUT2D eigenvalue weighted by Gasteiger charge is -2.22. The van der Waals surface area contributed by atoms with Crippen molar-refractivity contribution in [3.05, 3.63) is 20.7 Å². The zero-order chi connectivity index (χ0) is 11.6. The normalized spacial score (nSPS) is 11.5. The average Bonchev–Trinajstić information content (AvgIpc) is 2.47. The summed E-state index contributed by atoms with van der Waals surface area (Å²) in [5, 5.41) is 1.79. The summed E-state index contributed by atoms with van der Waals surface area (Å²) in [6, 6.07) is 0. The Bertz CT molecular complexity index is 417. The number of esters is 1. The maximum Gasteiger partial charge on any atom is 0.313 e. The second-order valence-corrected chi connectivity index (χ2v) is 4.93. The monoisotopic (exact) mass is 229 g/mol. The number of ether oxygens (including phenoxy) is 1. The second kappa shape index (κ2) is 4.18. The van der Waals surface area contributed by atoms with Gasteiger partial charge >= 0.3 is 10.8 Å². The van der Waals surface area contributed by atoms with Crippen molar-refractivity contribution in [2.75, 3.05) is 7.11 Å². The minimum atomic E-state index is -0.676. The van der Waals surface area contributed by atoms with Crippen LogP contribution in [-0.4, -0.2) is 17.6 Å². The molecule has 4 nitrogen and oxygen atoms in total. The SMILES string of the molecule is COC(=O)C(C)(C)Cn1c(C)csc1=O. The molecule has 15 heavy (non-hydrogen) atoms. The summed E-state index contributed by atoms with van der Waals surface area (Å²) in [7, 11) is 1.35. The highest BCUT2D eigenvalue weighted by atomic mass is 32.1. The Labute approximate surface area is 92.5 Å². The molecule has 0 saturated heterocycles. The van der Waals surface area contributed by atoms with Gasteiger partial charge in [0.05, 0.1) is 12.5 Å². The first-order chi connectivity index (χ1) is 6.88. The Hall–Kier alpha value is -1.10. The van der Waals surface area contributed by atoms with E-state index in [1.165, 1.54) is 7.11 Å². The van der Waals surface area contributed by atoms with E-state index >= 15 is 0 Å². The molecule has 0 aliphatic heterocycles. The van der Waals surface area contributed by atoms with Gasteiger partial charge in [0, 0.05) is 17.6 Å². The van der Waals surface area contributed by atoms with Crippen molar-refractivity contribution < 1.29 is 9.53 Å². The third-order valence-corrected chi connectivity index (χ3v) is 3.15. The van der Waals surface area contributed by atoms with Crippen LogP contribution in [0.3, 0.4) is 0 Å². The molecule has 0 amide bonds. The molecular weight excluding hydrogens is 214 g/mol. The predicted molar refractivity (Wildman–Crippen MR) is 59.1 cm³/mol. The molecule has 1 aromatic rings. The van der Waals surface area contributed by atoms with Gasteiger partial charge < -0.3 is 9.30 Å². The van der Waals surface area contributed by atoms with Crippen molar-refractivity contribution in [2.45, 2.75) is 27.3 Å². The van der Waals surface area contributed by atoms with E-state index in [4.69, 9.17) is 4.74 Å². The van der Waals surface area contributed by atoms with Crippen molar-refractivity contribution in [3.8, 4) is 0 Å². The Morgan fingerprint density at radius 3 is 2.60 bits per heavy atom. The Kier molecular flexibility index (Phi) is 3.34. The number of thiazole rings is 1. The van der Waals surface area contributed by atoms with Crippen LogP contribution in [0, 0.1) is 12.3 Å². The summed E-state index contributed by atoms with van der Waals surface area (Å²) in [5.74, 6) is -0.306. The second-order valence-electron chi connectivity index (χ2n) is 4.10. The lowest BCUT2D eigenvalue weighted by Crippen LogP contribution is -2.33. The molecule has 5 heteroatoms. The molecule has 0 atom stereocenters. The smallest absolute Gasteiger partial charge is 0.313 e. The molecule has 0 fully saturated rings. The maximum atomic E-state index is 11.5. The molecule has 0 bridgehead atoms. The molecule has 1 aromatic heterocycles. The predicted octanol–water partition coefficient (Wildman–Crippen LogP) is 1.42. The Morgan fingerprint density at radius 2 is 2.20 bits per heavy atom. The molecule has 0 radical (unpaired) electrons. The van der Waals surface area contributed by atoms with E-state index in [-0.39, 0.29) is 10.8 Å². The summed E-state index contributed by atoms with van der Waals surface area (Å²) in [6.07, 6.45) is 0. The molecule has 0 aromatic carbocycles. The van der Waals surface area contributed by atoms with E-state index < -0.39 is 5.41 Å². The van der Waals surface area contributed by atoms with Gasteiger partial charge in [-0.05, 0) is 20.8 Å². The van der Waals surface area contributed by atoms with E-state index in [1.54, 1.807) is 23.8 Å². The number of hydrogen-bond acceptors (Lipinski definition) is 4. The van der Waals surface area contributed by atoms with Crippen molar-refractivity contribution in [1.82, 2.24) is 4.57 Å². The zero-order valence-corrected chi connectivity index (χ0v) is 10.2. The highest BCUT2D eigenvalue weighted by Gasteiger charge is 2.30. The molecular formula is C10H15NO3S. The van der Waals surface area contributed by atoms with Crippen LogP contribution in [-0.2, 0) is 16.1 Å². The molecule has 1 heterocycles. The van der Waals surface area contributed by atoms with Crippen LogP contribution in [0.4, 0.5) is 0 Å². The standard InChI is InChI=1S/C10H15NO3S/c1-7-5-15-9(13)11(7)6-10(2,3)8(12)14-4/h5H,6H2,1-4H3. The third kappa shape index (κ3) is 2.47. The zero-order valence-electron chi connectivity index (χ0n) is 9.36. The summed E-state index contributed by atoms with van der Waals surface area (Å²) in [4.78, 5) is 22.9. The first kappa shape index (κ1) is 12.0. The maximum absolute atomic E-state index is 11.5. The number of hydrogen-bond donors (Lipinski definition) is 0. The molecule has 0 aliphatic carbocycles. The number of aromatic nitrogens is 1. The number of methoxy groups -OCH3 is 1. The van der Waals surface area contributed by atoms with Crippen LogP contribution in [0.15, 0.2) is 10.2 Å². The molecule has 0 aliphatic rings. The summed E-state index contributed by atoms with van der Waals surface area (Å²) in [6.45, 7) is 5.74. The minimum Gasteiger partial charge on any atom is -0.469 e. The number of rotatable bonds is 3. The van der Waals surface area contributed by atoms with Gasteiger partial charge in [0.15, 0.2) is 0 Å². The van der Waals surface area contributed by atoms with E-state index in [2.05, 4.69) is 0 Å². The number of nitrogens with zero attached hydrogens (tertiary/aromatic N) is 1. The van der Waals surface area contributed by atoms with Gasteiger partial charge in [-0.3, -0.25) is 9.59 Å². The summed E-state index contributed by atoms with van der Waals surface area (Å²) < 4.78 is 6.29. The van der Waals surface area contributed by atoms with Gasteiger partial charge in [-0.15, -0.1) is 0 Å². The lowest BCUT2D eigenvalue weighted by atomic mass is 9.93. The number of carbonyl (C=O) groups excluding carboxylic acids is 1. The van der Waals surface area contributed by atoms with E-state index in [9.17, 15) is 9.59 Å². The number of aryl methyl sites for hydroxylation is 1. The van der Waals surface area contributed by atoms with Crippen LogP contribution in [0.1, 0.15) is 19.5 Å². The van der Waals surface area contributed by atoms with Gasteiger partial charge in [-0.25, -0.2) is 0 Å². The fraction of sp³-hybridized carbons (Fsp3) is 0.600. The van der Waals surface area contributed by atoms with Crippen molar-refractivity contribution in [1.29, 1.82) is 0 Å². The molecule has 1 rings (SSSR count). The first-order valence-corrected chi connectivity index (χ1v) is 5.50. The Balaban J connectivity index is 2.96. The van der Waals surface area contributed by atoms with Crippen LogP contribution in [0.2, 0.25) is 0 Å².